The van der Waals surface area contributed by atoms with Crippen LogP contribution in [0.2, 0.25) is 5.15 Å². The highest BCUT2D eigenvalue weighted by Gasteiger charge is 2.08. The van der Waals surface area contributed by atoms with Gasteiger partial charge in [-0.05, 0) is 13.0 Å². The molecule has 88 valence electrons. The van der Waals surface area contributed by atoms with Crippen molar-refractivity contribution in [3.8, 4) is 0 Å². The van der Waals surface area contributed by atoms with E-state index >= 15 is 0 Å². The predicted molar refractivity (Wildman–Crippen MR) is 65.6 cm³/mol. The summed E-state index contributed by atoms with van der Waals surface area (Å²) in [4.78, 5) is 17.1. The molecule has 0 radical (unpaired) electrons. The Kier molecular flexibility index (Phi) is 4.37. The average Bonchev–Trinajstić information content (AvgIpc) is 2.16. The zero-order valence-electron chi connectivity index (χ0n) is 9.33. The molecule has 16 heavy (non-hydrogen) atoms. The number of amides is 1. The van der Waals surface area contributed by atoms with Gasteiger partial charge in [-0.1, -0.05) is 11.6 Å². The molecular weight excluding hydrogens is 228 g/mol. The molecule has 0 spiro atoms. The normalized spacial score (nSPS) is 9.94. The van der Waals surface area contributed by atoms with E-state index in [1.165, 1.54) is 0 Å². The third-order valence-corrected chi connectivity index (χ3v) is 2.14. The van der Waals surface area contributed by atoms with E-state index in [1.807, 2.05) is 6.92 Å². The fourth-order valence-corrected chi connectivity index (χ4v) is 1.46. The number of pyridine rings is 1. The molecule has 5 nitrogen and oxygen atoms in total. The summed E-state index contributed by atoms with van der Waals surface area (Å²) in [6.45, 7) is 2.70. The molecule has 0 fully saturated rings. The lowest BCUT2D eigenvalue weighted by molar-refractivity contribution is -0.119. The van der Waals surface area contributed by atoms with Gasteiger partial charge in [-0.3, -0.25) is 4.79 Å². The molecule has 0 aromatic carbocycles. The fourth-order valence-electron chi connectivity index (χ4n) is 1.25. The fraction of sp³-hybridized carbons (Fsp3) is 0.400. The topological polar surface area (TPSA) is 71.2 Å². The zero-order chi connectivity index (χ0) is 12.1. The Balaban J connectivity index is 2.72. The maximum absolute atomic E-state index is 11.4. The summed E-state index contributed by atoms with van der Waals surface area (Å²) in [5.74, 6) is 0.515. The minimum absolute atomic E-state index is 0.0645. The molecular formula is C10H15ClN4O. The van der Waals surface area contributed by atoms with Crippen molar-refractivity contribution in [2.45, 2.75) is 6.92 Å². The third kappa shape index (κ3) is 3.58. The number of halogens is 1. The van der Waals surface area contributed by atoms with Crippen molar-refractivity contribution in [3.05, 3.63) is 17.3 Å². The molecule has 0 atom stereocenters. The predicted octanol–water partition coefficient (Wildman–Crippen LogP) is 0.889. The lowest BCUT2D eigenvalue weighted by Gasteiger charge is -2.17. The molecule has 1 rings (SSSR count). The van der Waals surface area contributed by atoms with Gasteiger partial charge < -0.3 is 16.0 Å². The van der Waals surface area contributed by atoms with Crippen LogP contribution >= 0.6 is 11.6 Å². The summed E-state index contributed by atoms with van der Waals surface area (Å²) in [5, 5.41) is 3.02. The molecule has 1 heterocycles. The summed E-state index contributed by atoms with van der Waals surface area (Å²) < 4.78 is 0. The molecule has 0 unspecified atom stereocenters. The lowest BCUT2D eigenvalue weighted by Crippen LogP contribution is -2.35. The van der Waals surface area contributed by atoms with E-state index in [9.17, 15) is 4.79 Å². The number of anilines is 2. The van der Waals surface area contributed by atoms with Gasteiger partial charge in [0, 0.05) is 25.3 Å². The number of nitrogens with one attached hydrogen (secondary N) is 1. The highest BCUT2D eigenvalue weighted by Crippen LogP contribution is 2.18. The van der Waals surface area contributed by atoms with Gasteiger partial charge in [-0.25, -0.2) is 4.98 Å². The van der Waals surface area contributed by atoms with Crippen molar-refractivity contribution in [1.29, 1.82) is 0 Å². The van der Waals surface area contributed by atoms with Crippen LogP contribution in [0.3, 0.4) is 0 Å². The van der Waals surface area contributed by atoms with Crippen molar-refractivity contribution in [2.24, 2.45) is 0 Å². The van der Waals surface area contributed by atoms with E-state index in [4.69, 9.17) is 17.3 Å². The van der Waals surface area contributed by atoms with E-state index in [0.717, 1.165) is 0 Å². The minimum atomic E-state index is -0.0645. The van der Waals surface area contributed by atoms with Crippen LogP contribution in [0.15, 0.2) is 12.1 Å². The molecule has 0 aliphatic heterocycles. The second kappa shape index (κ2) is 5.55. The van der Waals surface area contributed by atoms with Crippen molar-refractivity contribution in [3.63, 3.8) is 0 Å². The van der Waals surface area contributed by atoms with E-state index in [-0.39, 0.29) is 12.5 Å². The van der Waals surface area contributed by atoms with Crippen molar-refractivity contribution >= 4 is 29.0 Å². The van der Waals surface area contributed by atoms with Crippen LogP contribution in [-0.4, -0.2) is 31.0 Å². The van der Waals surface area contributed by atoms with Crippen LogP contribution in [0.1, 0.15) is 6.92 Å². The van der Waals surface area contributed by atoms with E-state index in [2.05, 4.69) is 10.3 Å². The summed E-state index contributed by atoms with van der Waals surface area (Å²) in [5.41, 5.74) is 6.16. The largest absolute Gasteiger partial charge is 0.399 e. The van der Waals surface area contributed by atoms with Gasteiger partial charge in [0.25, 0.3) is 0 Å². The molecule has 0 aliphatic carbocycles. The van der Waals surface area contributed by atoms with Crippen LogP contribution in [0.5, 0.6) is 0 Å². The van der Waals surface area contributed by atoms with Gasteiger partial charge in [0.15, 0.2) is 0 Å². The highest BCUT2D eigenvalue weighted by atomic mass is 35.5. The van der Waals surface area contributed by atoms with Gasteiger partial charge in [0.2, 0.25) is 5.91 Å². The second-order valence-electron chi connectivity index (χ2n) is 3.39. The Morgan fingerprint density at radius 2 is 2.31 bits per heavy atom. The first-order valence-electron chi connectivity index (χ1n) is 4.93. The Hall–Kier alpha value is -1.49. The van der Waals surface area contributed by atoms with Crippen LogP contribution in [-0.2, 0) is 4.79 Å². The van der Waals surface area contributed by atoms with Gasteiger partial charge in [0.1, 0.15) is 11.0 Å². The summed E-state index contributed by atoms with van der Waals surface area (Å²) in [6, 6.07) is 3.23. The van der Waals surface area contributed by atoms with Crippen LogP contribution in [0.4, 0.5) is 11.5 Å². The number of likely N-dealkylation sites (N-methyl/N-ethyl adjacent to an activating group) is 2. The van der Waals surface area contributed by atoms with Crippen molar-refractivity contribution in [1.82, 2.24) is 10.3 Å². The van der Waals surface area contributed by atoms with Crippen molar-refractivity contribution < 1.29 is 4.79 Å². The molecule has 1 amide bonds. The van der Waals surface area contributed by atoms with Crippen LogP contribution in [0, 0.1) is 0 Å². The number of hydrogen-bond donors (Lipinski definition) is 2. The first kappa shape index (κ1) is 12.6. The number of nitrogen functional groups attached to an aromatic ring is 1. The average molecular weight is 243 g/mol. The highest BCUT2D eigenvalue weighted by molar-refractivity contribution is 6.29. The Morgan fingerprint density at radius 1 is 1.62 bits per heavy atom. The van der Waals surface area contributed by atoms with Crippen LogP contribution < -0.4 is 16.0 Å². The maximum Gasteiger partial charge on any atom is 0.239 e. The SMILES string of the molecule is CCNC(=O)CN(C)c1cc(N)cc(Cl)n1. The summed E-state index contributed by atoms with van der Waals surface area (Å²) in [6.07, 6.45) is 0. The number of rotatable bonds is 4. The minimum Gasteiger partial charge on any atom is -0.399 e. The molecule has 0 saturated heterocycles. The quantitative estimate of drug-likeness (QED) is 0.770. The van der Waals surface area contributed by atoms with Crippen molar-refractivity contribution in [2.75, 3.05) is 30.8 Å². The molecule has 1 aromatic rings. The lowest BCUT2D eigenvalue weighted by atomic mass is 10.3. The summed E-state index contributed by atoms with van der Waals surface area (Å²) >= 11 is 5.77. The maximum atomic E-state index is 11.4. The Morgan fingerprint density at radius 3 is 2.88 bits per heavy atom. The number of nitrogens with two attached hydrogens (primary N) is 1. The van der Waals surface area contributed by atoms with Gasteiger partial charge >= 0.3 is 0 Å². The standard InChI is InChI=1S/C10H15ClN4O/c1-3-13-10(16)6-15(2)9-5-7(12)4-8(11)14-9/h4-5H,3,6H2,1-2H3,(H2,12,14)(H,13,16). The number of nitrogens with zero attached hydrogens (tertiary/aromatic N) is 2. The van der Waals surface area contributed by atoms with E-state index in [1.54, 1.807) is 24.1 Å². The Labute approximate surface area is 99.6 Å². The molecule has 3 N–H and O–H groups in total. The van der Waals surface area contributed by atoms with Gasteiger partial charge in [-0.15, -0.1) is 0 Å². The smallest absolute Gasteiger partial charge is 0.239 e. The molecule has 0 saturated carbocycles. The van der Waals surface area contributed by atoms with Crippen LogP contribution in [0.25, 0.3) is 0 Å². The molecule has 6 heteroatoms. The van der Waals surface area contributed by atoms with E-state index in [0.29, 0.717) is 23.2 Å². The first-order valence-corrected chi connectivity index (χ1v) is 5.31. The monoisotopic (exact) mass is 242 g/mol. The molecule has 0 bridgehead atoms. The van der Waals surface area contributed by atoms with E-state index < -0.39 is 0 Å². The second-order valence-corrected chi connectivity index (χ2v) is 3.78. The number of hydrogen-bond acceptors (Lipinski definition) is 4. The number of aromatic nitrogens is 1. The number of carbonyl (C=O) groups is 1. The third-order valence-electron chi connectivity index (χ3n) is 1.95. The van der Waals surface area contributed by atoms with Gasteiger partial charge in [-0.2, -0.15) is 0 Å². The summed E-state index contributed by atoms with van der Waals surface area (Å²) in [7, 11) is 1.76. The Bertz CT molecular complexity index is 363. The van der Waals surface area contributed by atoms with Gasteiger partial charge in [0.05, 0.1) is 6.54 Å². The number of carbonyl (C=O) groups excluding carboxylic acids is 1. The molecule has 1 aromatic heterocycles. The first-order chi connectivity index (χ1) is 7.52. The zero-order valence-corrected chi connectivity index (χ0v) is 10.1. The molecule has 0 aliphatic rings.